The molecule has 3 aromatic rings. The fourth-order valence-electron chi connectivity index (χ4n) is 2.33. The van der Waals surface area contributed by atoms with Gasteiger partial charge in [-0.15, -0.1) is 0 Å². The normalized spacial score (nSPS) is 10.9. The van der Waals surface area contributed by atoms with Crippen LogP contribution < -0.4 is 5.43 Å². The lowest BCUT2D eigenvalue weighted by Gasteiger charge is -2.08. The number of aromatic hydroxyl groups is 1. The molecule has 100 valence electrons. The van der Waals surface area contributed by atoms with Gasteiger partial charge in [0.2, 0.25) is 5.43 Å². The van der Waals surface area contributed by atoms with Crippen molar-refractivity contribution in [3.8, 4) is 16.9 Å². The molecule has 1 aromatic heterocycles. The quantitative estimate of drug-likeness (QED) is 0.729. The maximum absolute atomic E-state index is 12.6. The number of fused-ring (bicyclic) bond motifs is 1. The zero-order valence-corrected chi connectivity index (χ0v) is 11.3. The molecule has 2 aromatic carbocycles. The molecule has 3 nitrogen and oxygen atoms in total. The standard InChI is InChI=1S/C17H14O3/c1-10-11(2)17-13(8-15(10)18)16(19)14(9-20-17)12-6-4-3-5-7-12/h3-9,18H,1-2H3. The van der Waals surface area contributed by atoms with E-state index in [0.29, 0.717) is 16.5 Å². The molecule has 0 spiro atoms. The van der Waals surface area contributed by atoms with E-state index in [9.17, 15) is 9.90 Å². The molecule has 0 atom stereocenters. The molecule has 0 unspecified atom stereocenters. The van der Waals surface area contributed by atoms with Crippen LogP contribution >= 0.6 is 0 Å². The smallest absolute Gasteiger partial charge is 0.200 e. The molecule has 0 aliphatic carbocycles. The minimum absolute atomic E-state index is 0.118. The average molecular weight is 266 g/mol. The van der Waals surface area contributed by atoms with Crippen molar-refractivity contribution in [2.24, 2.45) is 0 Å². The molecule has 0 bridgehead atoms. The van der Waals surface area contributed by atoms with Crippen LogP contribution in [0.15, 0.2) is 51.9 Å². The second-order valence-corrected chi connectivity index (χ2v) is 4.87. The number of hydrogen-bond donors (Lipinski definition) is 1. The van der Waals surface area contributed by atoms with Crippen molar-refractivity contribution in [1.29, 1.82) is 0 Å². The molecule has 0 aliphatic heterocycles. The Morgan fingerprint density at radius 1 is 1.05 bits per heavy atom. The largest absolute Gasteiger partial charge is 0.508 e. The fraction of sp³-hybridized carbons (Fsp3) is 0.118. The molecule has 3 heteroatoms. The first-order valence-corrected chi connectivity index (χ1v) is 6.39. The van der Waals surface area contributed by atoms with Crippen LogP contribution in [0.25, 0.3) is 22.1 Å². The van der Waals surface area contributed by atoms with Gasteiger partial charge in [-0.3, -0.25) is 4.79 Å². The Hall–Kier alpha value is -2.55. The Labute approximate surface area is 116 Å². The minimum Gasteiger partial charge on any atom is -0.508 e. The van der Waals surface area contributed by atoms with Crippen LogP contribution in [0.4, 0.5) is 0 Å². The summed E-state index contributed by atoms with van der Waals surface area (Å²) in [7, 11) is 0. The fourth-order valence-corrected chi connectivity index (χ4v) is 2.33. The van der Waals surface area contributed by atoms with Gasteiger partial charge in [0.05, 0.1) is 10.9 Å². The van der Waals surface area contributed by atoms with E-state index < -0.39 is 0 Å². The Morgan fingerprint density at radius 3 is 2.45 bits per heavy atom. The molecule has 0 fully saturated rings. The maximum Gasteiger partial charge on any atom is 0.200 e. The molecule has 0 amide bonds. The molecule has 0 radical (unpaired) electrons. The van der Waals surface area contributed by atoms with Crippen LogP contribution in [-0.4, -0.2) is 5.11 Å². The first kappa shape index (κ1) is 12.5. The molecular weight excluding hydrogens is 252 g/mol. The lowest BCUT2D eigenvalue weighted by atomic mass is 10.0. The molecule has 0 aliphatic rings. The Bertz CT molecular complexity index is 845. The molecule has 3 rings (SSSR count). The van der Waals surface area contributed by atoms with E-state index in [1.54, 1.807) is 6.92 Å². The SMILES string of the molecule is Cc1c(O)cc2c(=O)c(-c3ccccc3)coc2c1C. The Morgan fingerprint density at radius 2 is 1.75 bits per heavy atom. The van der Waals surface area contributed by atoms with E-state index in [-0.39, 0.29) is 11.2 Å². The van der Waals surface area contributed by atoms with Gasteiger partial charge in [0, 0.05) is 0 Å². The summed E-state index contributed by atoms with van der Waals surface area (Å²) in [6, 6.07) is 10.8. The van der Waals surface area contributed by atoms with Crippen molar-refractivity contribution in [1.82, 2.24) is 0 Å². The Balaban J connectivity index is 2.38. The van der Waals surface area contributed by atoms with Crippen LogP contribution in [0.1, 0.15) is 11.1 Å². The highest BCUT2D eigenvalue weighted by atomic mass is 16.3. The number of hydrogen-bond acceptors (Lipinski definition) is 3. The van der Waals surface area contributed by atoms with Gasteiger partial charge in [0.25, 0.3) is 0 Å². The summed E-state index contributed by atoms with van der Waals surface area (Å²) >= 11 is 0. The maximum atomic E-state index is 12.6. The third-order valence-corrected chi connectivity index (χ3v) is 3.68. The lowest BCUT2D eigenvalue weighted by Crippen LogP contribution is -2.05. The third-order valence-electron chi connectivity index (χ3n) is 3.68. The van der Waals surface area contributed by atoms with Crippen LogP contribution in [0.3, 0.4) is 0 Å². The van der Waals surface area contributed by atoms with Crippen LogP contribution in [0.5, 0.6) is 5.75 Å². The van der Waals surface area contributed by atoms with Crippen LogP contribution in [0.2, 0.25) is 0 Å². The average Bonchev–Trinajstić information content (AvgIpc) is 2.47. The first-order valence-electron chi connectivity index (χ1n) is 6.39. The summed E-state index contributed by atoms with van der Waals surface area (Å²) in [4.78, 5) is 12.6. The molecule has 0 saturated heterocycles. The summed E-state index contributed by atoms with van der Waals surface area (Å²) in [5.74, 6) is 0.118. The van der Waals surface area contributed by atoms with Crippen LogP contribution in [0, 0.1) is 13.8 Å². The van der Waals surface area contributed by atoms with Crippen LogP contribution in [-0.2, 0) is 0 Å². The summed E-state index contributed by atoms with van der Waals surface area (Å²) in [6.45, 7) is 3.64. The van der Waals surface area contributed by atoms with Gasteiger partial charge in [0.15, 0.2) is 0 Å². The zero-order valence-electron chi connectivity index (χ0n) is 11.3. The molecule has 1 N–H and O–H groups in total. The predicted octanol–water partition coefficient (Wildman–Crippen LogP) is 3.78. The highest BCUT2D eigenvalue weighted by Gasteiger charge is 2.14. The number of phenols is 1. The molecule has 1 heterocycles. The first-order chi connectivity index (χ1) is 9.59. The van der Waals surface area contributed by atoms with Crippen molar-refractivity contribution in [2.45, 2.75) is 13.8 Å². The number of phenolic OH excluding ortho intramolecular Hbond substituents is 1. The van der Waals surface area contributed by atoms with Gasteiger partial charge in [-0.25, -0.2) is 0 Å². The predicted molar refractivity (Wildman–Crippen MR) is 79.1 cm³/mol. The second kappa shape index (κ2) is 4.53. The number of aryl methyl sites for hydroxylation is 1. The van der Waals surface area contributed by atoms with E-state index in [0.717, 1.165) is 16.7 Å². The monoisotopic (exact) mass is 266 g/mol. The second-order valence-electron chi connectivity index (χ2n) is 4.87. The van der Waals surface area contributed by atoms with E-state index in [4.69, 9.17) is 4.42 Å². The molecular formula is C17H14O3. The number of benzene rings is 2. The van der Waals surface area contributed by atoms with Gasteiger partial charge < -0.3 is 9.52 Å². The third kappa shape index (κ3) is 1.79. The topological polar surface area (TPSA) is 50.4 Å². The van der Waals surface area contributed by atoms with Gasteiger partial charge >= 0.3 is 0 Å². The van der Waals surface area contributed by atoms with Crippen molar-refractivity contribution in [3.63, 3.8) is 0 Å². The highest BCUT2D eigenvalue weighted by Crippen LogP contribution is 2.29. The van der Waals surface area contributed by atoms with Crippen molar-refractivity contribution < 1.29 is 9.52 Å². The van der Waals surface area contributed by atoms with Crippen molar-refractivity contribution in [2.75, 3.05) is 0 Å². The lowest BCUT2D eigenvalue weighted by molar-refractivity contribution is 0.470. The van der Waals surface area contributed by atoms with E-state index in [1.165, 1.54) is 12.3 Å². The van der Waals surface area contributed by atoms with Crippen molar-refractivity contribution in [3.05, 3.63) is 64.0 Å². The van der Waals surface area contributed by atoms with E-state index in [1.807, 2.05) is 37.3 Å². The molecule has 0 saturated carbocycles. The number of rotatable bonds is 1. The highest BCUT2D eigenvalue weighted by molar-refractivity contribution is 5.86. The Kier molecular flexibility index (Phi) is 2.83. The van der Waals surface area contributed by atoms with Gasteiger partial charge in [-0.1, -0.05) is 30.3 Å². The minimum atomic E-state index is -0.129. The molecule has 20 heavy (non-hydrogen) atoms. The summed E-state index contributed by atoms with van der Waals surface area (Å²) in [5, 5.41) is 10.3. The van der Waals surface area contributed by atoms with Gasteiger partial charge in [0.1, 0.15) is 17.6 Å². The zero-order chi connectivity index (χ0) is 14.3. The van der Waals surface area contributed by atoms with Crippen molar-refractivity contribution >= 4 is 11.0 Å². The summed E-state index contributed by atoms with van der Waals surface area (Å²) in [5.41, 5.74) is 3.23. The van der Waals surface area contributed by atoms with Gasteiger partial charge in [-0.05, 0) is 36.6 Å². The van der Waals surface area contributed by atoms with Gasteiger partial charge in [-0.2, -0.15) is 0 Å². The van der Waals surface area contributed by atoms with E-state index >= 15 is 0 Å². The van der Waals surface area contributed by atoms with E-state index in [2.05, 4.69) is 0 Å². The summed E-state index contributed by atoms with van der Waals surface area (Å²) < 4.78 is 5.63. The summed E-state index contributed by atoms with van der Waals surface area (Å²) in [6.07, 6.45) is 1.49.